The molecule has 1 aromatic rings. The molecule has 0 spiro atoms. The van der Waals surface area contributed by atoms with Crippen LogP contribution < -0.4 is 5.32 Å². The average molecular weight is 235 g/mol. The Morgan fingerprint density at radius 3 is 2.24 bits per heavy atom. The Hall–Kier alpha value is -1.02. The van der Waals surface area contributed by atoms with E-state index in [1.54, 1.807) is 7.11 Å². The van der Waals surface area contributed by atoms with Crippen LogP contribution in [0.25, 0.3) is 0 Å². The molecule has 0 heterocycles. The minimum absolute atomic E-state index is 0.152. The molecule has 2 heteroatoms. The molecule has 96 valence electrons. The van der Waals surface area contributed by atoms with Crippen molar-refractivity contribution < 1.29 is 4.74 Å². The van der Waals surface area contributed by atoms with Gasteiger partial charge in [0.15, 0.2) is 0 Å². The van der Waals surface area contributed by atoms with Gasteiger partial charge in [0.2, 0.25) is 0 Å². The van der Waals surface area contributed by atoms with Crippen LogP contribution in [0.5, 0.6) is 0 Å². The first-order valence-corrected chi connectivity index (χ1v) is 6.25. The van der Waals surface area contributed by atoms with Gasteiger partial charge in [0.05, 0.1) is 6.10 Å². The number of rotatable bonds is 4. The molecule has 1 N–H and O–H groups in total. The molecular weight excluding hydrogens is 210 g/mol. The summed E-state index contributed by atoms with van der Waals surface area (Å²) in [6.07, 6.45) is 0.197. The van der Waals surface area contributed by atoms with Gasteiger partial charge in [-0.1, -0.05) is 39.0 Å². The van der Waals surface area contributed by atoms with Gasteiger partial charge in [-0.15, -0.1) is 0 Å². The molecule has 0 aromatic heterocycles. The van der Waals surface area contributed by atoms with Crippen LogP contribution in [0.1, 0.15) is 40.2 Å². The number of hydrogen-bond acceptors (Lipinski definition) is 2. The number of anilines is 1. The van der Waals surface area contributed by atoms with Crippen LogP contribution in [0, 0.1) is 0 Å². The van der Waals surface area contributed by atoms with E-state index in [0.29, 0.717) is 6.04 Å². The molecule has 0 saturated carbocycles. The van der Waals surface area contributed by atoms with Gasteiger partial charge in [-0.2, -0.15) is 0 Å². The molecular formula is C15H25NO. The van der Waals surface area contributed by atoms with Gasteiger partial charge in [-0.05, 0) is 30.9 Å². The fraction of sp³-hybridized carbons (Fsp3) is 0.600. The summed E-state index contributed by atoms with van der Waals surface area (Å²) < 4.78 is 5.35. The summed E-state index contributed by atoms with van der Waals surface area (Å²) in [6, 6.07) is 8.78. The molecule has 0 saturated heterocycles. The highest BCUT2D eigenvalue weighted by Crippen LogP contribution is 2.29. The Kier molecular flexibility index (Phi) is 4.58. The first-order chi connectivity index (χ1) is 7.86. The molecule has 1 aromatic carbocycles. The Balaban J connectivity index is 2.91. The summed E-state index contributed by atoms with van der Waals surface area (Å²) in [5.41, 5.74) is 2.70. The molecule has 0 fully saturated rings. The summed E-state index contributed by atoms with van der Waals surface area (Å²) >= 11 is 0. The van der Waals surface area contributed by atoms with Crippen LogP contribution in [0.2, 0.25) is 0 Å². The molecule has 2 nitrogen and oxygen atoms in total. The summed E-state index contributed by atoms with van der Waals surface area (Å²) in [7, 11) is 1.75. The molecule has 0 bridgehead atoms. The fourth-order valence-corrected chi connectivity index (χ4v) is 1.83. The van der Waals surface area contributed by atoms with Crippen molar-refractivity contribution >= 4 is 5.69 Å². The number of benzene rings is 1. The average Bonchev–Trinajstić information content (AvgIpc) is 2.27. The first-order valence-electron chi connectivity index (χ1n) is 6.25. The van der Waals surface area contributed by atoms with Crippen molar-refractivity contribution in [2.75, 3.05) is 12.4 Å². The topological polar surface area (TPSA) is 21.3 Å². The lowest BCUT2D eigenvalue weighted by Crippen LogP contribution is -2.30. The van der Waals surface area contributed by atoms with E-state index in [0.717, 1.165) is 0 Å². The van der Waals surface area contributed by atoms with Gasteiger partial charge in [0.25, 0.3) is 0 Å². The van der Waals surface area contributed by atoms with E-state index in [1.807, 2.05) is 0 Å². The quantitative estimate of drug-likeness (QED) is 0.856. The predicted molar refractivity (Wildman–Crippen MR) is 74.7 cm³/mol. The van der Waals surface area contributed by atoms with Crippen LogP contribution in [0.15, 0.2) is 24.3 Å². The Morgan fingerprint density at radius 2 is 1.71 bits per heavy atom. The molecule has 0 amide bonds. The van der Waals surface area contributed by atoms with Crippen LogP contribution in [0.4, 0.5) is 5.69 Å². The molecule has 1 rings (SSSR count). The Morgan fingerprint density at radius 1 is 1.12 bits per heavy atom. The summed E-state index contributed by atoms with van der Waals surface area (Å²) in [5, 5.41) is 3.54. The molecule has 0 aliphatic carbocycles. The Bertz CT molecular complexity index is 354. The summed E-state index contributed by atoms with van der Waals surface area (Å²) in [5.74, 6) is 0. The maximum atomic E-state index is 5.35. The second-order valence-electron chi connectivity index (χ2n) is 5.67. The number of hydrogen-bond donors (Lipinski definition) is 1. The lowest BCUT2D eigenvalue weighted by molar-refractivity contribution is 0.106. The molecule has 0 aliphatic rings. The predicted octanol–water partition coefficient (Wildman–Crippen LogP) is 3.82. The second-order valence-corrected chi connectivity index (χ2v) is 5.67. The van der Waals surface area contributed by atoms with Gasteiger partial charge >= 0.3 is 0 Å². The van der Waals surface area contributed by atoms with E-state index in [9.17, 15) is 0 Å². The zero-order valence-electron chi connectivity index (χ0n) is 11.9. The van der Waals surface area contributed by atoms with E-state index < -0.39 is 0 Å². The van der Waals surface area contributed by atoms with Crippen molar-refractivity contribution in [2.24, 2.45) is 0 Å². The summed E-state index contributed by atoms with van der Waals surface area (Å²) in [4.78, 5) is 0. The maximum absolute atomic E-state index is 5.35. The minimum atomic E-state index is 0.152. The third-order valence-corrected chi connectivity index (χ3v) is 3.19. The number of methoxy groups -OCH3 is 1. The van der Waals surface area contributed by atoms with Crippen molar-refractivity contribution in [3.63, 3.8) is 0 Å². The summed E-state index contributed by atoms with van der Waals surface area (Å²) in [6.45, 7) is 10.9. The normalized spacial score (nSPS) is 15.4. The SMILES string of the molecule is COC(C)C(C)Nc1ccccc1C(C)(C)C. The Labute approximate surface area is 105 Å². The third kappa shape index (κ3) is 3.74. The van der Waals surface area contributed by atoms with Crippen molar-refractivity contribution in [3.05, 3.63) is 29.8 Å². The van der Waals surface area contributed by atoms with Crippen LogP contribution in [-0.4, -0.2) is 19.3 Å². The van der Waals surface area contributed by atoms with Gasteiger partial charge in [-0.25, -0.2) is 0 Å². The minimum Gasteiger partial charge on any atom is -0.380 e. The lowest BCUT2D eigenvalue weighted by Gasteiger charge is -2.27. The lowest BCUT2D eigenvalue weighted by atomic mass is 9.85. The van der Waals surface area contributed by atoms with E-state index >= 15 is 0 Å². The smallest absolute Gasteiger partial charge is 0.0741 e. The van der Waals surface area contributed by atoms with Crippen molar-refractivity contribution in [3.8, 4) is 0 Å². The van der Waals surface area contributed by atoms with Gasteiger partial charge in [0.1, 0.15) is 0 Å². The molecule has 0 aliphatic heterocycles. The fourth-order valence-electron chi connectivity index (χ4n) is 1.83. The largest absolute Gasteiger partial charge is 0.380 e. The van der Waals surface area contributed by atoms with E-state index in [4.69, 9.17) is 4.74 Å². The van der Waals surface area contributed by atoms with Crippen LogP contribution in [0.3, 0.4) is 0 Å². The number of para-hydroxylation sites is 1. The van der Waals surface area contributed by atoms with Crippen molar-refractivity contribution in [2.45, 2.75) is 52.2 Å². The van der Waals surface area contributed by atoms with Gasteiger partial charge < -0.3 is 10.1 Å². The second kappa shape index (κ2) is 5.54. The van der Waals surface area contributed by atoms with E-state index in [2.05, 4.69) is 64.2 Å². The molecule has 2 unspecified atom stereocenters. The third-order valence-electron chi connectivity index (χ3n) is 3.19. The van der Waals surface area contributed by atoms with E-state index in [1.165, 1.54) is 11.3 Å². The number of ether oxygens (including phenoxy) is 1. The van der Waals surface area contributed by atoms with E-state index in [-0.39, 0.29) is 11.5 Å². The molecule has 0 radical (unpaired) electrons. The van der Waals surface area contributed by atoms with Crippen LogP contribution >= 0.6 is 0 Å². The highest BCUT2D eigenvalue weighted by molar-refractivity contribution is 5.54. The van der Waals surface area contributed by atoms with Gasteiger partial charge in [0, 0.05) is 18.8 Å². The number of nitrogens with one attached hydrogen (secondary N) is 1. The highest BCUT2D eigenvalue weighted by Gasteiger charge is 2.19. The highest BCUT2D eigenvalue weighted by atomic mass is 16.5. The molecule has 17 heavy (non-hydrogen) atoms. The standard InChI is InChI=1S/C15H25NO/c1-11(12(2)17-6)16-14-10-8-7-9-13(14)15(3,4)5/h7-12,16H,1-6H3. The van der Waals surface area contributed by atoms with Gasteiger partial charge in [-0.3, -0.25) is 0 Å². The van der Waals surface area contributed by atoms with Crippen molar-refractivity contribution in [1.82, 2.24) is 0 Å². The van der Waals surface area contributed by atoms with Crippen molar-refractivity contribution in [1.29, 1.82) is 0 Å². The zero-order chi connectivity index (χ0) is 13.1. The van der Waals surface area contributed by atoms with Crippen LogP contribution in [-0.2, 0) is 10.2 Å². The maximum Gasteiger partial charge on any atom is 0.0741 e. The first kappa shape index (κ1) is 14.0. The molecule has 2 atom stereocenters. The zero-order valence-corrected chi connectivity index (χ0v) is 11.9. The monoisotopic (exact) mass is 235 g/mol.